The molecule has 0 aliphatic heterocycles. The van der Waals surface area contributed by atoms with Crippen molar-refractivity contribution in [2.45, 2.75) is 157 Å². The highest BCUT2D eigenvalue weighted by atomic mass is 16.7. The number of hydrogen-bond acceptors (Lipinski definition) is 12. The first-order valence-electron chi connectivity index (χ1n) is 19.3. The summed E-state index contributed by atoms with van der Waals surface area (Å²) >= 11 is 0. The summed E-state index contributed by atoms with van der Waals surface area (Å²) in [6, 6.07) is 0. The smallest absolute Gasteiger partial charge is 0.320 e. The molecule has 18 nitrogen and oxygen atoms in total. The van der Waals surface area contributed by atoms with Crippen LogP contribution in [0, 0.1) is 0 Å². The van der Waals surface area contributed by atoms with Crippen LogP contribution in [-0.2, 0) is 34.1 Å². The van der Waals surface area contributed by atoms with Crippen molar-refractivity contribution in [2.24, 2.45) is 15.5 Å². The summed E-state index contributed by atoms with van der Waals surface area (Å²) < 4.78 is 3.42. The number of amides is 3. The molecular formula is C36H63N9O9. The molecular weight excluding hydrogens is 702 g/mol. The minimum absolute atomic E-state index is 0.158. The van der Waals surface area contributed by atoms with Crippen LogP contribution >= 0.6 is 0 Å². The quantitative estimate of drug-likeness (QED) is 0.0452. The fraction of sp³-hybridized carbons (Fsp3) is 0.750. The van der Waals surface area contributed by atoms with E-state index < -0.39 is 35.3 Å². The Kier molecular flexibility index (Phi) is 25.1. The fourth-order valence-corrected chi connectivity index (χ4v) is 4.72. The monoisotopic (exact) mass is 765 g/mol. The number of carbonyl (C=O) groups excluding carboxylic acids is 3. The minimum atomic E-state index is -0.627. The first-order chi connectivity index (χ1) is 25.9. The van der Waals surface area contributed by atoms with Crippen LogP contribution in [-0.4, -0.2) is 68.8 Å². The van der Waals surface area contributed by atoms with Gasteiger partial charge in [-0.25, -0.2) is 42.5 Å². The molecule has 0 radical (unpaired) electrons. The van der Waals surface area contributed by atoms with E-state index in [1.165, 1.54) is 0 Å². The van der Waals surface area contributed by atoms with E-state index >= 15 is 0 Å². The van der Waals surface area contributed by atoms with Crippen LogP contribution in [0.1, 0.15) is 138 Å². The fourth-order valence-electron chi connectivity index (χ4n) is 4.72. The number of hydrogen-bond donors (Lipinski definition) is 3. The molecule has 0 saturated carbocycles. The van der Waals surface area contributed by atoms with Gasteiger partial charge in [-0.3, -0.25) is 14.5 Å². The van der Waals surface area contributed by atoms with E-state index in [1.54, 1.807) is 20.8 Å². The van der Waals surface area contributed by atoms with Crippen LogP contribution in [0.25, 0.3) is 0 Å². The van der Waals surface area contributed by atoms with Gasteiger partial charge < -0.3 is 16.0 Å². The van der Waals surface area contributed by atoms with Gasteiger partial charge in [0.1, 0.15) is 0 Å². The third-order valence-electron chi connectivity index (χ3n) is 8.51. The topological polar surface area (TPSA) is 218 Å². The Labute approximate surface area is 317 Å². The van der Waals surface area contributed by atoms with Gasteiger partial charge in [0.15, 0.2) is 0 Å². The van der Waals surface area contributed by atoms with Gasteiger partial charge in [0, 0.05) is 39.3 Å². The lowest BCUT2D eigenvalue weighted by Gasteiger charge is -2.14. The molecule has 3 amide bonds. The lowest BCUT2D eigenvalue weighted by atomic mass is 10.2. The second-order valence-corrected chi connectivity index (χ2v) is 13.0. The Morgan fingerprint density at radius 2 is 0.685 bits per heavy atom. The average molecular weight is 766 g/mol. The summed E-state index contributed by atoms with van der Waals surface area (Å²) in [5.74, 6) is 0. The third-order valence-corrected chi connectivity index (χ3v) is 8.51. The van der Waals surface area contributed by atoms with Crippen LogP contribution in [0.4, 0.5) is 14.4 Å². The lowest BCUT2D eigenvalue weighted by molar-refractivity contribution is 0.149. The molecule has 1 heterocycles. The number of nitrogens with zero attached hydrogens (tertiary/aromatic N) is 6. The van der Waals surface area contributed by atoms with E-state index in [4.69, 9.17) is 14.5 Å². The van der Waals surface area contributed by atoms with E-state index in [2.05, 4.69) is 31.4 Å². The molecule has 0 aliphatic carbocycles. The first-order valence-corrected chi connectivity index (χ1v) is 19.3. The highest BCUT2D eigenvalue weighted by Gasteiger charge is 2.15. The second-order valence-electron chi connectivity index (χ2n) is 13.0. The molecule has 0 aliphatic rings. The molecule has 306 valence electrons. The number of nitrogens with one attached hydrogen (secondary N) is 3. The molecule has 0 saturated heterocycles. The van der Waals surface area contributed by atoms with Crippen molar-refractivity contribution in [3.8, 4) is 0 Å². The summed E-state index contributed by atoms with van der Waals surface area (Å²) in [6.07, 6.45) is 8.18. The van der Waals surface area contributed by atoms with Crippen LogP contribution in [0.5, 0.6) is 0 Å². The zero-order valence-electron chi connectivity index (χ0n) is 33.2. The second kappa shape index (κ2) is 28.7. The largest absolute Gasteiger partial charge is 0.433 e. The van der Waals surface area contributed by atoms with E-state index in [-0.39, 0.29) is 19.6 Å². The molecule has 1 aromatic rings. The number of carbonyl (C=O) groups is 3. The number of oxime groups is 3. The van der Waals surface area contributed by atoms with Crippen molar-refractivity contribution in [3.05, 3.63) is 31.5 Å². The van der Waals surface area contributed by atoms with Gasteiger partial charge in [0.25, 0.3) is 0 Å². The molecule has 0 fully saturated rings. The van der Waals surface area contributed by atoms with Crippen molar-refractivity contribution in [3.63, 3.8) is 0 Å². The van der Waals surface area contributed by atoms with Crippen molar-refractivity contribution in [1.82, 2.24) is 29.7 Å². The molecule has 0 aromatic carbocycles. The lowest BCUT2D eigenvalue weighted by Crippen LogP contribution is -2.54. The summed E-state index contributed by atoms with van der Waals surface area (Å²) in [5.41, 5.74) is 0.244. The van der Waals surface area contributed by atoms with Crippen LogP contribution in [0.15, 0.2) is 29.9 Å². The van der Waals surface area contributed by atoms with E-state index in [0.29, 0.717) is 114 Å². The van der Waals surface area contributed by atoms with Gasteiger partial charge in [-0.2, -0.15) is 0 Å². The summed E-state index contributed by atoms with van der Waals surface area (Å²) in [5, 5.41) is 19.1. The van der Waals surface area contributed by atoms with Gasteiger partial charge in [0.05, 0.1) is 17.1 Å². The molecule has 0 atom stereocenters. The average Bonchev–Trinajstić information content (AvgIpc) is 3.16. The van der Waals surface area contributed by atoms with Crippen molar-refractivity contribution >= 4 is 35.4 Å². The minimum Gasteiger partial charge on any atom is -0.320 e. The summed E-state index contributed by atoms with van der Waals surface area (Å²) in [6.45, 7) is 12.7. The Morgan fingerprint density at radius 1 is 0.444 bits per heavy atom. The molecule has 0 unspecified atom stereocenters. The van der Waals surface area contributed by atoms with Crippen molar-refractivity contribution in [1.29, 1.82) is 0 Å². The van der Waals surface area contributed by atoms with Crippen molar-refractivity contribution in [2.75, 3.05) is 19.6 Å². The Balaban J connectivity index is 2.76. The molecule has 54 heavy (non-hydrogen) atoms. The van der Waals surface area contributed by atoms with Crippen LogP contribution in [0.3, 0.4) is 0 Å². The van der Waals surface area contributed by atoms with Crippen molar-refractivity contribution < 1.29 is 28.9 Å². The predicted molar refractivity (Wildman–Crippen MR) is 208 cm³/mol. The van der Waals surface area contributed by atoms with E-state index in [0.717, 1.165) is 33.0 Å². The maximum absolute atomic E-state index is 13.4. The maximum Gasteiger partial charge on any atom is 0.433 e. The highest BCUT2D eigenvalue weighted by Crippen LogP contribution is 2.04. The Hall–Kier alpha value is -4.77. The normalized spacial score (nSPS) is 12.0. The molecule has 1 aromatic heterocycles. The maximum atomic E-state index is 13.4. The molecule has 18 heteroatoms. The van der Waals surface area contributed by atoms with E-state index in [1.807, 2.05) is 20.8 Å². The SMILES string of the molecule is CC/C(C)=N\OC(=O)NCCCCCCn1c(=O)n(CCCCCCNC(=O)O/N=C(/C)CC)c(=O)n(CCCCCCNC(=O)O/N=C(\C)CC)c1=O. The van der Waals surface area contributed by atoms with Gasteiger partial charge >= 0.3 is 35.3 Å². The molecule has 1 rings (SSSR count). The van der Waals surface area contributed by atoms with Crippen LogP contribution in [0.2, 0.25) is 0 Å². The molecule has 3 N–H and O–H groups in total. The Bertz CT molecular complexity index is 1350. The predicted octanol–water partition coefficient (Wildman–Crippen LogP) is 5.39. The van der Waals surface area contributed by atoms with E-state index in [9.17, 15) is 28.8 Å². The number of aromatic nitrogens is 3. The zero-order chi connectivity index (χ0) is 40.1. The molecule has 0 bridgehead atoms. The number of rotatable bonds is 27. The summed E-state index contributed by atoms with van der Waals surface area (Å²) in [4.78, 5) is 89.9. The Morgan fingerprint density at radius 3 is 0.926 bits per heavy atom. The standard InChI is InChI=1S/C36H63N9O9/c1-7-28(4)40-52-31(46)37-22-16-10-13-19-25-43-34(49)44(26-20-14-11-17-23-38-32(47)53-41-29(5)8-2)36(51)45(35(43)50)27-21-15-12-18-24-39-33(48)54-42-30(6)9-3/h7-27H2,1-6H3,(H,37,46)(H,38,47)(H,39,48)/b40-28-,41-29-,42-30+. The van der Waals surface area contributed by atoms with Gasteiger partial charge in [-0.05, 0) is 78.6 Å². The summed E-state index contributed by atoms with van der Waals surface area (Å²) in [7, 11) is 0. The third kappa shape index (κ3) is 20.5. The van der Waals surface area contributed by atoms with Crippen LogP contribution < -0.4 is 33.0 Å². The number of unbranched alkanes of at least 4 members (excludes halogenated alkanes) is 9. The zero-order valence-corrected chi connectivity index (χ0v) is 33.2. The molecule has 0 spiro atoms. The van der Waals surface area contributed by atoms with Gasteiger partial charge in [-0.1, -0.05) is 74.8 Å². The first kappa shape index (κ1) is 47.3. The van der Waals surface area contributed by atoms with Gasteiger partial charge in [-0.15, -0.1) is 0 Å². The van der Waals surface area contributed by atoms with Gasteiger partial charge in [0.2, 0.25) is 0 Å². The highest BCUT2D eigenvalue weighted by molar-refractivity contribution is 5.82.